The summed E-state index contributed by atoms with van der Waals surface area (Å²) < 4.78 is 1.94. The summed E-state index contributed by atoms with van der Waals surface area (Å²) in [5.74, 6) is 1.85. The minimum absolute atomic E-state index is 0. The number of aromatic nitrogens is 2. The fraction of sp³-hybridized carbons (Fsp3) is 0.778. The molecule has 0 aromatic carbocycles. The highest BCUT2D eigenvalue weighted by Crippen LogP contribution is 2.27. The smallest absolute Gasteiger partial charge is 0.191 e. The molecule has 138 valence electrons. The van der Waals surface area contributed by atoms with Gasteiger partial charge in [0, 0.05) is 37.9 Å². The van der Waals surface area contributed by atoms with E-state index in [4.69, 9.17) is 0 Å². The summed E-state index contributed by atoms with van der Waals surface area (Å²) in [6.07, 6.45) is 7.92. The van der Waals surface area contributed by atoms with Crippen LogP contribution in [-0.4, -0.2) is 28.8 Å². The molecule has 0 bridgehead atoms. The number of nitrogens with one attached hydrogen (secondary N) is 2. The lowest BCUT2D eigenvalue weighted by Crippen LogP contribution is -2.44. The van der Waals surface area contributed by atoms with Crippen LogP contribution in [0.25, 0.3) is 0 Å². The van der Waals surface area contributed by atoms with Crippen LogP contribution in [-0.2, 0) is 13.6 Å². The molecule has 6 heteroatoms. The van der Waals surface area contributed by atoms with Gasteiger partial charge in [-0.2, -0.15) is 5.10 Å². The van der Waals surface area contributed by atoms with E-state index >= 15 is 0 Å². The largest absolute Gasteiger partial charge is 0.354 e. The van der Waals surface area contributed by atoms with Crippen LogP contribution in [0.15, 0.2) is 4.99 Å². The maximum absolute atomic E-state index is 4.47. The molecule has 1 saturated carbocycles. The Morgan fingerprint density at radius 1 is 1.25 bits per heavy atom. The second kappa shape index (κ2) is 10.3. The van der Waals surface area contributed by atoms with Gasteiger partial charge in [-0.1, -0.05) is 19.8 Å². The molecule has 0 unspecified atom stereocenters. The van der Waals surface area contributed by atoms with Gasteiger partial charge in [0.05, 0.1) is 5.69 Å². The number of halogens is 1. The van der Waals surface area contributed by atoms with Crippen LogP contribution in [0.5, 0.6) is 0 Å². The maximum atomic E-state index is 4.47. The van der Waals surface area contributed by atoms with Gasteiger partial charge in [0.15, 0.2) is 5.96 Å². The first-order valence-corrected chi connectivity index (χ1v) is 9.01. The fourth-order valence-electron chi connectivity index (χ4n) is 3.64. The van der Waals surface area contributed by atoms with E-state index in [2.05, 4.69) is 41.5 Å². The van der Waals surface area contributed by atoms with Gasteiger partial charge >= 0.3 is 0 Å². The molecule has 1 aliphatic rings. The lowest BCUT2D eigenvalue weighted by atomic mass is 9.83. The Bertz CT molecular complexity index is 530. The van der Waals surface area contributed by atoms with Crippen molar-refractivity contribution in [2.75, 3.05) is 7.05 Å². The molecule has 1 aliphatic carbocycles. The molecule has 0 saturated heterocycles. The van der Waals surface area contributed by atoms with Crippen molar-refractivity contribution in [3.8, 4) is 0 Å². The van der Waals surface area contributed by atoms with Crippen molar-refractivity contribution < 1.29 is 0 Å². The van der Waals surface area contributed by atoms with E-state index in [-0.39, 0.29) is 24.0 Å². The number of hydrogen-bond acceptors (Lipinski definition) is 2. The van der Waals surface area contributed by atoms with Crippen molar-refractivity contribution in [2.24, 2.45) is 18.0 Å². The van der Waals surface area contributed by atoms with E-state index in [9.17, 15) is 0 Å². The van der Waals surface area contributed by atoms with E-state index in [1.807, 2.05) is 18.8 Å². The number of guanidine groups is 1. The Morgan fingerprint density at radius 2 is 1.92 bits per heavy atom. The standard InChI is InChI=1S/C18H33N5.HI/c1-6-7-15-8-10-16(11-9-15)21-18(19-4)20-12-17-13(2)22-23(5)14(17)3;/h15-16H,6-12H2,1-5H3,(H2,19,20,21);1H. The van der Waals surface area contributed by atoms with Gasteiger partial charge in [-0.15, -0.1) is 24.0 Å². The van der Waals surface area contributed by atoms with Crippen LogP contribution in [0.3, 0.4) is 0 Å². The van der Waals surface area contributed by atoms with Gasteiger partial charge in [-0.25, -0.2) is 0 Å². The second-order valence-corrected chi connectivity index (χ2v) is 6.85. The molecule has 1 fully saturated rings. The summed E-state index contributed by atoms with van der Waals surface area (Å²) in [7, 11) is 3.84. The summed E-state index contributed by atoms with van der Waals surface area (Å²) >= 11 is 0. The van der Waals surface area contributed by atoms with Crippen LogP contribution in [0.4, 0.5) is 0 Å². The molecule has 0 spiro atoms. The first kappa shape index (κ1) is 21.3. The quantitative estimate of drug-likeness (QED) is 0.412. The Labute approximate surface area is 164 Å². The number of rotatable bonds is 5. The van der Waals surface area contributed by atoms with E-state index in [1.54, 1.807) is 0 Å². The SMILES string of the molecule is CCCC1CCC(NC(=NC)NCc2c(C)nn(C)c2C)CC1.I. The van der Waals surface area contributed by atoms with Crippen molar-refractivity contribution in [3.05, 3.63) is 17.0 Å². The zero-order chi connectivity index (χ0) is 16.8. The van der Waals surface area contributed by atoms with Crippen LogP contribution in [0.2, 0.25) is 0 Å². The molecule has 1 aromatic rings. The molecule has 0 atom stereocenters. The Morgan fingerprint density at radius 3 is 2.42 bits per heavy atom. The Hall–Kier alpha value is -0.790. The zero-order valence-corrected chi connectivity index (χ0v) is 18.2. The predicted octanol–water partition coefficient (Wildman–Crippen LogP) is 3.68. The highest BCUT2D eigenvalue weighted by atomic mass is 127. The van der Waals surface area contributed by atoms with Crippen molar-refractivity contribution in [3.63, 3.8) is 0 Å². The van der Waals surface area contributed by atoms with Gasteiger partial charge in [-0.3, -0.25) is 9.67 Å². The van der Waals surface area contributed by atoms with Crippen LogP contribution >= 0.6 is 24.0 Å². The highest BCUT2D eigenvalue weighted by molar-refractivity contribution is 14.0. The maximum Gasteiger partial charge on any atom is 0.191 e. The minimum atomic E-state index is 0. The van der Waals surface area contributed by atoms with Crippen molar-refractivity contribution in [1.82, 2.24) is 20.4 Å². The van der Waals surface area contributed by atoms with Crippen molar-refractivity contribution >= 4 is 29.9 Å². The molecular weight excluding hydrogens is 413 g/mol. The zero-order valence-electron chi connectivity index (χ0n) is 15.9. The van der Waals surface area contributed by atoms with Crippen LogP contribution in [0.1, 0.15) is 62.4 Å². The second-order valence-electron chi connectivity index (χ2n) is 6.85. The van der Waals surface area contributed by atoms with E-state index < -0.39 is 0 Å². The lowest BCUT2D eigenvalue weighted by molar-refractivity contribution is 0.295. The van der Waals surface area contributed by atoms with E-state index in [0.717, 1.165) is 24.1 Å². The van der Waals surface area contributed by atoms with Gasteiger partial charge in [-0.05, 0) is 45.4 Å². The molecule has 0 radical (unpaired) electrons. The highest BCUT2D eigenvalue weighted by Gasteiger charge is 2.21. The average molecular weight is 447 g/mol. The number of hydrogen-bond donors (Lipinski definition) is 2. The van der Waals surface area contributed by atoms with Gasteiger partial charge in [0.2, 0.25) is 0 Å². The van der Waals surface area contributed by atoms with E-state index in [0.29, 0.717) is 6.04 Å². The third kappa shape index (κ3) is 5.63. The normalized spacial score (nSPS) is 21.3. The van der Waals surface area contributed by atoms with Crippen molar-refractivity contribution in [2.45, 2.75) is 71.9 Å². The molecule has 2 rings (SSSR count). The van der Waals surface area contributed by atoms with Crippen LogP contribution in [0, 0.1) is 19.8 Å². The third-order valence-electron chi connectivity index (χ3n) is 5.20. The number of nitrogens with zero attached hydrogens (tertiary/aromatic N) is 3. The molecule has 1 aromatic heterocycles. The van der Waals surface area contributed by atoms with Gasteiger partial charge in [0.25, 0.3) is 0 Å². The molecular formula is C18H34IN5. The molecule has 0 aliphatic heterocycles. The summed E-state index contributed by atoms with van der Waals surface area (Å²) in [6.45, 7) is 7.24. The molecule has 1 heterocycles. The number of aliphatic imine (C=N–C) groups is 1. The molecule has 0 amide bonds. The molecule has 24 heavy (non-hydrogen) atoms. The Balaban J connectivity index is 0.00000288. The minimum Gasteiger partial charge on any atom is -0.354 e. The van der Waals surface area contributed by atoms with E-state index in [1.165, 1.54) is 49.8 Å². The molecule has 2 N–H and O–H groups in total. The summed E-state index contributed by atoms with van der Waals surface area (Å²) in [5.41, 5.74) is 3.57. The number of aryl methyl sites for hydroxylation is 2. The lowest BCUT2D eigenvalue weighted by Gasteiger charge is -2.30. The monoisotopic (exact) mass is 447 g/mol. The van der Waals surface area contributed by atoms with Crippen LogP contribution < -0.4 is 10.6 Å². The fourth-order valence-corrected chi connectivity index (χ4v) is 3.64. The van der Waals surface area contributed by atoms with Crippen molar-refractivity contribution in [1.29, 1.82) is 0 Å². The Kier molecular flexibility index (Phi) is 9.08. The molecule has 5 nitrogen and oxygen atoms in total. The third-order valence-corrected chi connectivity index (χ3v) is 5.20. The first-order valence-electron chi connectivity index (χ1n) is 9.01. The topological polar surface area (TPSA) is 54.2 Å². The summed E-state index contributed by atoms with van der Waals surface area (Å²) in [4.78, 5) is 4.39. The first-order chi connectivity index (χ1) is 11.0. The average Bonchev–Trinajstić information content (AvgIpc) is 2.78. The predicted molar refractivity (Wildman–Crippen MR) is 112 cm³/mol. The van der Waals surface area contributed by atoms with Gasteiger partial charge in [0.1, 0.15) is 0 Å². The summed E-state index contributed by atoms with van der Waals surface area (Å²) in [6, 6.07) is 0.561. The summed E-state index contributed by atoms with van der Waals surface area (Å²) in [5, 5.41) is 11.5. The van der Waals surface area contributed by atoms with Gasteiger partial charge < -0.3 is 10.6 Å².